The van der Waals surface area contributed by atoms with E-state index in [0.717, 1.165) is 68.4 Å². The number of rotatable bonds is 5. The summed E-state index contributed by atoms with van der Waals surface area (Å²) in [4.78, 5) is 9.57. The van der Waals surface area contributed by atoms with Crippen LogP contribution in [0.2, 0.25) is 0 Å². The van der Waals surface area contributed by atoms with Crippen LogP contribution in [-0.4, -0.2) is 33.3 Å². The van der Waals surface area contributed by atoms with Crippen LogP contribution in [0.25, 0.3) is 0 Å². The molecule has 1 aliphatic heterocycles. The van der Waals surface area contributed by atoms with Crippen molar-refractivity contribution in [3.63, 3.8) is 0 Å². The summed E-state index contributed by atoms with van der Waals surface area (Å²) in [5.41, 5.74) is 2.91. The van der Waals surface area contributed by atoms with E-state index in [1.807, 2.05) is 23.7 Å². The minimum Gasteiger partial charge on any atom is -0.469 e. The smallest absolute Gasteiger partial charge is 0.192 e. The Morgan fingerprint density at radius 1 is 1.16 bits per heavy atom. The van der Waals surface area contributed by atoms with Gasteiger partial charge in [-0.05, 0) is 62.3 Å². The first-order valence-electron chi connectivity index (χ1n) is 11.3. The Bertz CT molecular complexity index is 1040. The van der Waals surface area contributed by atoms with Crippen molar-refractivity contribution in [3.05, 3.63) is 71.2 Å². The van der Waals surface area contributed by atoms with E-state index in [9.17, 15) is 0 Å². The number of nitrogens with one attached hydrogen (secondary N) is 2. The van der Waals surface area contributed by atoms with Crippen LogP contribution in [-0.2, 0) is 25.8 Å². The highest BCUT2D eigenvalue weighted by Gasteiger charge is 2.26. The van der Waals surface area contributed by atoms with Gasteiger partial charge in [0.05, 0.1) is 12.3 Å². The number of fused-ring (bicyclic) bond motifs is 2. The van der Waals surface area contributed by atoms with Crippen molar-refractivity contribution < 1.29 is 4.42 Å². The lowest BCUT2D eigenvalue weighted by Gasteiger charge is -2.30. The zero-order valence-corrected chi connectivity index (χ0v) is 20.8. The third-order valence-electron chi connectivity index (χ3n) is 6.19. The van der Waals surface area contributed by atoms with Crippen LogP contribution in [0.3, 0.4) is 0 Å². The minimum absolute atomic E-state index is 0. The van der Waals surface area contributed by atoms with Crippen molar-refractivity contribution in [3.8, 4) is 0 Å². The highest BCUT2D eigenvalue weighted by Crippen LogP contribution is 2.24. The first-order chi connectivity index (χ1) is 15.2. The predicted octanol–water partition coefficient (Wildman–Crippen LogP) is 3.97. The zero-order chi connectivity index (χ0) is 21.0. The average Bonchev–Trinajstić information content (AvgIpc) is 3.43. The second kappa shape index (κ2) is 10.5. The Kier molecular flexibility index (Phi) is 7.49. The van der Waals surface area contributed by atoms with E-state index in [4.69, 9.17) is 9.41 Å². The molecular formula is C24H31IN6O. The zero-order valence-electron chi connectivity index (χ0n) is 18.5. The molecule has 0 bridgehead atoms. The highest BCUT2D eigenvalue weighted by molar-refractivity contribution is 14.0. The predicted molar refractivity (Wildman–Crippen MR) is 135 cm³/mol. The van der Waals surface area contributed by atoms with Gasteiger partial charge in [-0.15, -0.1) is 24.0 Å². The largest absolute Gasteiger partial charge is 0.469 e. The van der Waals surface area contributed by atoms with Gasteiger partial charge in [-0.2, -0.15) is 5.10 Å². The lowest BCUT2D eigenvalue weighted by molar-refractivity contribution is 0.394. The first kappa shape index (κ1) is 22.8. The Labute approximate surface area is 206 Å². The Morgan fingerprint density at radius 2 is 2.03 bits per heavy atom. The lowest BCUT2D eigenvalue weighted by atomic mass is 9.88. The fourth-order valence-electron chi connectivity index (χ4n) is 4.65. The maximum absolute atomic E-state index is 5.47. The molecule has 0 radical (unpaired) electrons. The third-order valence-corrected chi connectivity index (χ3v) is 6.19. The van der Waals surface area contributed by atoms with Gasteiger partial charge in [0.2, 0.25) is 0 Å². The summed E-state index contributed by atoms with van der Waals surface area (Å²) < 4.78 is 7.51. The molecule has 1 aliphatic carbocycles. The fraction of sp³-hybridized carbons (Fsp3) is 0.458. The van der Waals surface area contributed by atoms with Gasteiger partial charge in [0.1, 0.15) is 17.4 Å². The molecule has 2 aromatic heterocycles. The summed E-state index contributed by atoms with van der Waals surface area (Å²) in [5.74, 6) is 3.66. The van der Waals surface area contributed by atoms with Crippen LogP contribution in [0.5, 0.6) is 0 Å². The maximum Gasteiger partial charge on any atom is 0.192 e. The molecule has 0 amide bonds. The summed E-state index contributed by atoms with van der Waals surface area (Å²) in [6.07, 6.45) is 7.85. The number of furan rings is 1. The van der Waals surface area contributed by atoms with Gasteiger partial charge in [0, 0.05) is 25.6 Å². The summed E-state index contributed by atoms with van der Waals surface area (Å²) in [6, 6.07) is 13.2. The highest BCUT2D eigenvalue weighted by atomic mass is 127. The van der Waals surface area contributed by atoms with Crippen molar-refractivity contribution >= 4 is 29.9 Å². The number of halogens is 1. The number of hydrogen-bond donors (Lipinski definition) is 2. The second-order valence-corrected chi connectivity index (χ2v) is 8.49. The second-order valence-electron chi connectivity index (χ2n) is 8.49. The summed E-state index contributed by atoms with van der Waals surface area (Å²) in [6.45, 7) is 3.56. The van der Waals surface area contributed by atoms with Gasteiger partial charge in [-0.25, -0.2) is 9.67 Å². The summed E-state index contributed by atoms with van der Waals surface area (Å²) in [7, 11) is 0. The van der Waals surface area contributed by atoms with Gasteiger partial charge >= 0.3 is 0 Å². The summed E-state index contributed by atoms with van der Waals surface area (Å²) in [5, 5.41) is 11.9. The Morgan fingerprint density at radius 3 is 2.88 bits per heavy atom. The van der Waals surface area contributed by atoms with Crippen molar-refractivity contribution in [2.24, 2.45) is 4.99 Å². The molecule has 7 nitrogen and oxygen atoms in total. The van der Waals surface area contributed by atoms with Gasteiger partial charge in [0.25, 0.3) is 0 Å². The molecule has 8 heteroatoms. The number of guanidine groups is 1. The van der Waals surface area contributed by atoms with Gasteiger partial charge in [0.15, 0.2) is 5.96 Å². The third kappa shape index (κ3) is 5.33. The summed E-state index contributed by atoms with van der Waals surface area (Å²) >= 11 is 0. The van der Waals surface area contributed by atoms with Crippen LogP contribution >= 0.6 is 24.0 Å². The number of hydrogen-bond acceptors (Lipinski definition) is 4. The molecule has 5 rings (SSSR count). The van der Waals surface area contributed by atoms with E-state index >= 15 is 0 Å². The number of aromatic nitrogens is 3. The lowest BCUT2D eigenvalue weighted by Crippen LogP contribution is -2.47. The van der Waals surface area contributed by atoms with Crippen molar-refractivity contribution in [2.45, 2.75) is 64.1 Å². The molecule has 0 spiro atoms. The van der Waals surface area contributed by atoms with E-state index in [0.29, 0.717) is 12.6 Å². The molecule has 1 aromatic carbocycles. The normalized spacial score (nSPS) is 20.1. The van der Waals surface area contributed by atoms with Crippen LogP contribution < -0.4 is 10.6 Å². The molecule has 2 aliphatic rings. The molecular weight excluding hydrogens is 515 g/mol. The number of aliphatic imine (C=N–C) groups is 1. The van der Waals surface area contributed by atoms with Crippen LogP contribution in [0, 0.1) is 6.92 Å². The average molecular weight is 546 g/mol. The quantitative estimate of drug-likeness (QED) is 0.288. The van der Waals surface area contributed by atoms with E-state index < -0.39 is 0 Å². The van der Waals surface area contributed by atoms with E-state index in [1.54, 1.807) is 6.26 Å². The van der Waals surface area contributed by atoms with Gasteiger partial charge in [-0.1, -0.05) is 24.3 Å². The number of aryl methyl sites for hydroxylation is 3. The van der Waals surface area contributed by atoms with E-state index in [-0.39, 0.29) is 30.0 Å². The van der Waals surface area contributed by atoms with Crippen LogP contribution in [0.15, 0.2) is 52.1 Å². The molecule has 170 valence electrons. The number of benzene rings is 1. The molecule has 3 aromatic rings. The molecule has 0 fully saturated rings. The molecule has 0 saturated carbocycles. The fourth-order valence-corrected chi connectivity index (χ4v) is 4.65. The SMILES string of the molecule is Cc1nc2n(n1)CCCC2NC(=NCCc1ccco1)NC1CCc2ccccc2C1.I. The van der Waals surface area contributed by atoms with E-state index in [1.165, 1.54) is 11.1 Å². The molecule has 2 unspecified atom stereocenters. The number of nitrogens with zero attached hydrogens (tertiary/aromatic N) is 4. The maximum atomic E-state index is 5.47. The minimum atomic E-state index is 0. The molecule has 2 N–H and O–H groups in total. The molecule has 0 saturated heterocycles. The van der Waals surface area contributed by atoms with Gasteiger partial charge < -0.3 is 15.1 Å². The van der Waals surface area contributed by atoms with E-state index in [2.05, 4.69) is 45.0 Å². The van der Waals surface area contributed by atoms with Crippen LogP contribution in [0.4, 0.5) is 0 Å². The monoisotopic (exact) mass is 546 g/mol. The van der Waals surface area contributed by atoms with Crippen molar-refractivity contribution in [1.29, 1.82) is 0 Å². The molecule has 2 atom stereocenters. The van der Waals surface area contributed by atoms with Crippen LogP contribution in [0.1, 0.15) is 53.8 Å². The van der Waals surface area contributed by atoms with Crippen molar-refractivity contribution in [2.75, 3.05) is 6.54 Å². The molecule has 3 heterocycles. The topological polar surface area (TPSA) is 80.3 Å². The van der Waals surface area contributed by atoms with Gasteiger partial charge in [-0.3, -0.25) is 4.99 Å². The Balaban J connectivity index is 0.00000245. The molecule has 32 heavy (non-hydrogen) atoms. The standard InChI is InChI=1S/C24H30N6O.HI/c1-17-26-23-22(9-4-14-30(23)29-17)28-24(25-13-12-21-8-5-15-31-21)27-20-11-10-18-6-2-3-7-19(18)16-20;/h2-3,5-8,15,20,22H,4,9-14,16H2,1H3,(H2,25,27,28);1H. The first-order valence-corrected chi connectivity index (χ1v) is 11.3. The van der Waals surface area contributed by atoms with Crippen molar-refractivity contribution in [1.82, 2.24) is 25.4 Å². The Hall–Kier alpha value is -2.36.